The first-order chi connectivity index (χ1) is 11.0. The molecule has 0 aliphatic carbocycles. The van der Waals surface area contributed by atoms with E-state index < -0.39 is 49.0 Å². The number of aliphatic hydroxyl groups excluding tert-OH is 3. The zero-order valence-corrected chi connectivity index (χ0v) is 12.5. The van der Waals surface area contributed by atoms with Crippen LogP contribution in [0.5, 0.6) is 0 Å². The van der Waals surface area contributed by atoms with Crippen molar-refractivity contribution in [1.82, 2.24) is 9.55 Å². The zero-order chi connectivity index (χ0) is 17.0. The Kier molecular flexibility index (Phi) is 6.04. The summed E-state index contributed by atoms with van der Waals surface area (Å²) in [6.07, 6.45) is -2.97. The van der Waals surface area contributed by atoms with Crippen molar-refractivity contribution in [3.63, 3.8) is 0 Å². The lowest BCUT2D eigenvalue weighted by atomic mass is 10.1. The highest BCUT2D eigenvalue weighted by Gasteiger charge is 2.45. The van der Waals surface area contributed by atoms with Crippen LogP contribution in [-0.4, -0.2) is 70.1 Å². The maximum atomic E-state index is 12.0. The van der Waals surface area contributed by atoms with Crippen LogP contribution in [0.4, 0.5) is 0 Å². The molecule has 23 heavy (non-hydrogen) atoms. The van der Waals surface area contributed by atoms with Crippen LogP contribution in [-0.2, 0) is 20.8 Å². The van der Waals surface area contributed by atoms with Gasteiger partial charge in [0.25, 0.3) is 5.56 Å². The van der Waals surface area contributed by atoms with Gasteiger partial charge in [0.2, 0.25) is 0 Å². The van der Waals surface area contributed by atoms with Gasteiger partial charge in [-0.05, 0) is 0 Å². The minimum atomic E-state index is -1.17. The number of ether oxygens (including phenoxy) is 3. The van der Waals surface area contributed by atoms with Crippen LogP contribution in [0.25, 0.3) is 0 Å². The van der Waals surface area contributed by atoms with Crippen LogP contribution in [0.3, 0.4) is 0 Å². The predicted molar refractivity (Wildman–Crippen MR) is 75.9 cm³/mol. The monoisotopic (exact) mass is 332 g/mol. The summed E-state index contributed by atoms with van der Waals surface area (Å²) >= 11 is 0. The predicted octanol–water partition coefficient (Wildman–Crippen LogP) is -2.69. The first-order valence-electron chi connectivity index (χ1n) is 7.03. The second-order valence-corrected chi connectivity index (χ2v) is 5.05. The topological polar surface area (TPSA) is 143 Å². The van der Waals surface area contributed by atoms with E-state index in [-0.39, 0.29) is 18.8 Å². The summed E-state index contributed by atoms with van der Waals surface area (Å²) in [6, 6.07) is 0. The van der Waals surface area contributed by atoms with Gasteiger partial charge < -0.3 is 29.5 Å². The molecule has 1 saturated heterocycles. The fourth-order valence-electron chi connectivity index (χ4n) is 2.37. The molecule has 1 unspecified atom stereocenters. The second-order valence-electron chi connectivity index (χ2n) is 5.05. The van der Waals surface area contributed by atoms with Crippen LogP contribution < -0.4 is 11.2 Å². The maximum absolute atomic E-state index is 12.0. The molecule has 0 bridgehead atoms. The van der Waals surface area contributed by atoms with Crippen LogP contribution in [0.2, 0.25) is 0 Å². The van der Waals surface area contributed by atoms with Crippen molar-refractivity contribution in [3.05, 3.63) is 32.6 Å². The van der Waals surface area contributed by atoms with Crippen molar-refractivity contribution in [2.45, 2.75) is 31.1 Å². The molecule has 0 saturated carbocycles. The van der Waals surface area contributed by atoms with Gasteiger partial charge in [-0.25, -0.2) is 4.79 Å². The largest absolute Gasteiger partial charge is 0.394 e. The first kappa shape index (κ1) is 17.8. The molecule has 2 heterocycles. The van der Waals surface area contributed by atoms with Crippen molar-refractivity contribution in [3.8, 4) is 0 Å². The van der Waals surface area contributed by atoms with Crippen molar-refractivity contribution in [1.29, 1.82) is 0 Å². The van der Waals surface area contributed by atoms with Crippen LogP contribution in [0.1, 0.15) is 11.8 Å². The van der Waals surface area contributed by atoms with E-state index in [1.165, 1.54) is 7.11 Å². The molecular formula is C13H20N2O8. The summed E-state index contributed by atoms with van der Waals surface area (Å²) in [7, 11) is 1.49. The smallest absolute Gasteiger partial charge is 0.330 e. The second kappa shape index (κ2) is 7.81. The van der Waals surface area contributed by atoms with Gasteiger partial charge in [-0.2, -0.15) is 0 Å². The van der Waals surface area contributed by atoms with E-state index in [2.05, 4.69) is 4.98 Å². The third-order valence-electron chi connectivity index (χ3n) is 3.58. The number of rotatable bonds is 7. The van der Waals surface area contributed by atoms with Crippen molar-refractivity contribution >= 4 is 0 Å². The lowest BCUT2D eigenvalue weighted by molar-refractivity contribution is -0.0821. The number of hydrogen-bond acceptors (Lipinski definition) is 8. The minimum Gasteiger partial charge on any atom is -0.394 e. The summed E-state index contributed by atoms with van der Waals surface area (Å²) in [6.45, 7) is -0.625. The van der Waals surface area contributed by atoms with Gasteiger partial charge >= 0.3 is 5.69 Å². The summed E-state index contributed by atoms with van der Waals surface area (Å²) in [5, 5.41) is 28.6. The van der Waals surface area contributed by atoms with E-state index in [4.69, 9.17) is 19.3 Å². The molecule has 0 spiro atoms. The standard InChI is InChI=1S/C13H20N2O8/c1-21-2-3-22-10-9(18)8(6-17)23-12(10)15-4-7(5-16)11(19)14-13(15)20/h4,8-10,12,16-18H,2-3,5-6H2,1H3,(H,14,19,20)/t8-,9?,10+,12-/m1/s1. The molecule has 130 valence electrons. The highest BCUT2D eigenvalue weighted by atomic mass is 16.6. The average Bonchev–Trinajstić information content (AvgIpc) is 2.84. The van der Waals surface area contributed by atoms with E-state index >= 15 is 0 Å². The fraction of sp³-hybridized carbons (Fsp3) is 0.692. The molecule has 0 radical (unpaired) electrons. The highest BCUT2D eigenvalue weighted by Crippen LogP contribution is 2.30. The Balaban J connectivity index is 2.34. The molecule has 1 aromatic rings. The SMILES string of the molecule is COCCO[C@H]1C(O)[C@@H](CO)O[C@H]1n1cc(CO)c(=O)[nH]c1=O. The normalized spacial score (nSPS) is 27.5. The van der Waals surface area contributed by atoms with Gasteiger partial charge in [0.15, 0.2) is 6.23 Å². The Labute approximate surface area is 130 Å². The number of nitrogens with zero attached hydrogens (tertiary/aromatic N) is 1. The van der Waals surface area contributed by atoms with Gasteiger partial charge in [0, 0.05) is 13.3 Å². The van der Waals surface area contributed by atoms with Gasteiger partial charge in [-0.3, -0.25) is 14.3 Å². The average molecular weight is 332 g/mol. The third-order valence-corrected chi connectivity index (χ3v) is 3.58. The van der Waals surface area contributed by atoms with Crippen LogP contribution in [0.15, 0.2) is 15.8 Å². The highest BCUT2D eigenvalue weighted by molar-refractivity contribution is 5.04. The first-order valence-corrected chi connectivity index (χ1v) is 7.03. The number of aromatic amines is 1. The Bertz CT molecular complexity index is 627. The molecular weight excluding hydrogens is 312 g/mol. The molecule has 1 aliphatic rings. The summed E-state index contributed by atoms with van der Waals surface area (Å²) in [5.74, 6) is 0. The summed E-state index contributed by atoms with van der Waals surface area (Å²) in [5.41, 5.74) is -1.52. The number of aliphatic hydroxyl groups is 3. The molecule has 4 N–H and O–H groups in total. The van der Waals surface area contributed by atoms with E-state index in [1.807, 2.05) is 0 Å². The molecule has 0 aromatic carbocycles. The van der Waals surface area contributed by atoms with E-state index in [0.29, 0.717) is 0 Å². The van der Waals surface area contributed by atoms with Crippen LogP contribution in [0, 0.1) is 0 Å². The number of methoxy groups -OCH3 is 1. The number of aromatic nitrogens is 2. The van der Waals surface area contributed by atoms with Gasteiger partial charge in [-0.1, -0.05) is 0 Å². The number of H-pyrrole nitrogens is 1. The Morgan fingerprint density at radius 3 is 2.70 bits per heavy atom. The maximum Gasteiger partial charge on any atom is 0.330 e. The van der Waals surface area contributed by atoms with Gasteiger partial charge in [0.1, 0.15) is 18.3 Å². The Morgan fingerprint density at radius 2 is 2.09 bits per heavy atom. The summed E-state index contributed by atoms with van der Waals surface area (Å²) in [4.78, 5) is 25.6. The lowest BCUT2D eigenvalue weighted by Crippen LogP contribution is -2.40. The van der Waals surface area contributed by atoms with Crippen molar-refractivity contribution in [2.24, 2.45) is 0 Å². The molecule has 2 rings (SSSR count). The third kappa shape index (κ3) is 3.68. The Hall–Kier alpha value is -1.56. The summed E-state index contributed by atoms with van der Waals surface area (Å²) < 4.78 is 16.8. The van der Waals surface area contributed by atoms with Crippen molar-refractivity contribution < 1.29 is 29.5 Å². The van der Waals surface area contributed by atoms with E-state index in [0.717, 1.165) is 10.8 Å². The molecule has 1 fully saturated rings. The van der Waals surface area contributed by atoms with Gasteiger partial charge in [0.05, 0.1) is 32.0 Å². The molecule has 10 heteroatoms. The Morgan fingerprint density at radius 1 is 1.35 bits per heavy atom. The number of nitrogens with one attached hydrogen (secondary N) is 1. The molecule has 4 atom stereocenters. The van der Waals surface area contributed by atoms with Gasteiger partial charge in [-0.15, -0.1) is 0 Å². The van der Waals surface area contributed by atoms with Crippen LogP contribution >= 0.6 is 0 Å². The fourth-order valence-corrected chi connectivity index (χ4v) is 2.37. The van der Waals surface area contributed by atoms with E-state index in [9.17, 15) is 19.8 Å². The molecule has 1 aliphatic heterocycles. The lowest BCUT2D eigenvalue weighted by Gasteiger charge is -2.22. The van der Waals surface area contributed by atoms with Crippen molar-refractivity contribution in [2.75, 3.05) is 26.9 Å². The van der Waals surface area contributed by atoms with E-state index in [1.54, 1.807) is 0 Å². The zero-order valence-electron chi connectivity index (χ0n) is 12.5. The molecule has 1 aromatic heterocycles. The molecule has 0 amide bonds. The minimum absolute atomic E-state index is 0.0363. The quantitative estimate of drug-likeness (QED) is 0.395. The molecule has 10 nitrogen and oxygen atoms in total. The number of hydrogen-bond donors (Lipinski definition) is 4.